The van der Waals surface area contributed by atoms with Gasteiger partial charge in [0.25, 0.3) is 0 Å². The van der Waals surface area contributed by atoms with Gasteiger partial charge in [-0.05, 0) is 18.1 Å². The second-order valence-corrected chi connectivity index (χ2v) is 5.55. The van der Waals surface area contributed by atoms with Gasteiger partial charge >= 0.3 is 0 Å². The highest BCUT2D eigenvalue weighted by Gasteiger charge is 2.21. The topological polar surface area (TPSA) is 44.8 Å². The molecule has 1 saturated carbocycles. The molecule has 1 fully saturated rings. The molecule has 116 valence electrons. The Kier molecular flexibility index (Phi) is 5.48. The maximum absolute atomic E-state index is 12.5. The summed E-state index contributed by atoms with van der Waals surface area (Å²) < 4.78 is 15.9. The van der Waals surface area contributed by atoms with E-state index >= 15 is 0 Å². The highest BCUT2D eigenvalue weighted by atomic mass is 16.5. The van der Waals surface area contributed by atoms with E-state index in [2.05, 4.69) is 0 Å². The normalized spacial score (nSPS) is 15.6. The van der Waals surface area contributed by atoms with Crippen molar-refractivity contribution in [1.29, 1.82) is 0 Å². The molecule has 0 amide bonds. The fourth-order valence-corrected chi connectivity index (χ4v) is 3.01. The number of ketones is 1. The molecule has 0 aliphatic heterocycles. The van der Waals surface area contributed by atoms with Crippen LogP contribution in [0, 0.1) is 5.92 Å². The second kappa shape index (κ2) is 7.34. The minimum Gasteiger partial charge on any atom is -0.493 e. The third kappa shape index (κ3) is 3.69. The zero-order valence-electron chi connectivity index (χ0n) is 13.1. The Bertz CT molecular complexity index is 465. The average molecular weight is 292 g/mol. The van der Waals surface area contributed by atoms with E-state index in [1.807, 2.05) is 0 Å². The van der Waals surface area contributed by atoms with Crippen LogP contribution < -0.4 is 14.2 Å². The molecule has 0 saturated heterocycles. The van der Waals surface area contributed by atoms with Gasteiger partial charge in [0, 0.05) is 12.0 Å². The summed E-state index contributed by atoms with van der Waals surface area (Å²) in [5.74, 6) is 2.26. The quantitative estimate of drug-likeness (QED) is 0.747. The van der Waals surface area contributed by atoms with Crippen LogP contribution in [0.5, 0.6) is 17.2 Å². The summed E-state index contributed by atoms with van der Waals surface area (Å²) in [5, 5.41) is 0. The van der Waals surface area contributed by atoms with Crippen LogP contribution in [0.25, 0.3) is 0 Å². The molecule has 1 aliphatic carbocycles. The van der Waals surface area contributed by atoms with Gasteiger partial charge < -0.3 is 14.2 Å². The minimum absolute atomic E-state index is 0.154. The number of ether oxygens (including phenoxy) is 3. The third-order valence-electron chi connectivity index (χ3n) is 4.19. The van der Waals surface area contributed by atoms with Crippen LogP contribution in [0.15, 0.2) is 12.1 Å². The van der Waals surface area contributed by atoms with Crippen LogP contribution in [-0.4, -0.2) is 27.1 Å². The van der Waals surface area contributed by atoms with Gasteiger partial charge in [-0.25, -0.2) is 0 Å². The van der Waals surface area contributed by atoms with Crippen molar-refractivity contribution < 1.29 is 19.0 Å². The summed E-state index contributed by atoms with van der Waals surface area (Å²) in [4.78, 5) is 12.5. The molecule has 0 heterocycles. The second-order valence-electron chi connectivity index (χ2n) is 5.55. The van der Waals surface area contributed by atoms with Crippen LogP contribution >= 0.6 is 0 Å². The van der Waals surface area contributed by atoms with Gasteiger partial charge in [-0.2, -0.15) is 0 Å². The van der Waals surface area contributed by atoms with E-state index in [0.29, 0.717) is 35.2 Å². The van der Waals surface area contributed by atoms with Gasteiger partial charge in [0.05, 0.1) is 21.3 Å². The molecular formula is C17H24O4. The van der Waals surface area contributed by atoms with E-state index < -0.39 is 0 Å². The lowest BCUT2D eigenvalue weighted by molar-refractivity contribution is 0.0949. The highest BCUT2D eigenvalue weighted by Crippen LogP contribution is 2.39. The van der Waals surface area contributed by atoms with Crippen molar-refractivity contribution in [3.8, 4) is 17.2 Å². The van der Waals surface area contributed by atoms with E-state index in [-0.39, 0.29) is 5.78 Å². The Morgan fingerprint density at radius 2 is 1.57 bits per heavy atom. The van der Waals surface area contributed by atoms with Crippen molar-refractivity contribution in [3.63, 3.8) is 0 Å². The molecule has 0 N–H and O–H groups in total. The number of Topliss-reactive ketones (excluding diaryl/α,β-unsaturated/α-hetero) is 1. The van der Waals surface area contributed by atoms with Crippen LogP contribution in [0.2, 0.25) is 0 Å². The summed E-state index contributed by atoms with van der Waals surface area (Å²) in [7, 11) is 4.68. The van der Waals surface area contributed by atoms with Crippen LogP contribution in [0.3, 0.4) is 0 Å². The van der Waals surface area contributed by atoms with Gasteiger partial charge in [-0.15, -0.1) is 0 Å². The third-order valence-corrected chi connectivity index (χ3v) is 4.19. The maximum atomic E-state index is 12.5. The fraction of sp³-hybridized carbons (Fsp3) is 0.588. The summed E-state index contributed by atoms with van der Waals surface area (Å²) in [6.07, 6.45) is 6.72. The molecule has 0 aromatic heterocycles. The average Bonchev–Trinajstić information content (AvgIpc) is 2.54. The molecule has 1 aromatic carbocycles. The predicted octanol–water partition coefficient (Wildman–Crippen LogP) is 3.87. The van der Waals surface area contributed by atoms with Gasteiger partial charge in [-0.1, -0.05) is 32.1 Å². The summed E-state index contributed by atoms with van der Waals surface area (Å²) >= 11 is 0. The van der Waals surface area contributed by atoms with Gasteiger partial charge in [0.2, 0.25) is 5.75 Å². The van der Waals surface area contributed by atoms with Crippen molar-refractivity contribution in [2.75, 3.05) is 21.3 Å². The number of carbonyl (C=O) groups excluding carboxylic acids is 1. The summed E-state index contributed by atoms with van der Waals surface area (Å²) in [6, 6.07) is 3.49. The molecule has 0 bridgehead atoms. The summed E-state index contributed by atoms with van der Waals surface area (Å²) in [6.45, 7) is 0. The Morgan fingerprint density at radius 3 is 2.05 bits per heavy atom. The van der Waals surface area contributed by atoms with Crippen molar-refractivity contribution >= 4 is 5.78 Å². The lowest BCUT2D eigenvalue weighted by atomic mass is 9.85. The first-order valence-electron chi connectivity index (χ1n) is 7.52. The van der Waals surface area contributed by atoms with Gasteiger partial charge in [-0.3, -0.25) is 4.79 Å². The minimum atomic E-state index is 0.154. The van der Waals surface area contributed by atoms with Crippen LogP contribution in [0.1, 0.15) is 48.9 Å². The molecule has 0 spiro atoms. The van der Waals surface area contributed by atoms with Crippen LogP contribution in [0.4, 0.5) is 0 Å². The number of hydrogen-bond acceptors (Lipinski definition) is 4. The largest absolute Gasteiger partial charge is 0.493 e. The highest BCUT2D eigenvalue weighted by molar-refractivity contribution is 5.97. The van der Waals surface area contributed by atoms with E-state index in [0.717, 1.165) is 12.8 Å². The van der Waals surface area contributed by atoms with E-state index in [1.165, 1.54) is 19.3 Å². The fourth-order valence-electron chi connectivity index (χ4n) is 3.01. The zero-order chi connectivity index (χ0) is 15.2. The molecule has 0 atom stereocenters. The predicted molar refractivity (Wildman–Crippen MR) is 81.6 cm³/mol. The van der Waals surface area contributed by atoms with Crippen molar-refractivity contribution in [2.24, 2.45) is 5.92 Å². The number of methoxy groups -OCH3 is 3. The van der Waals surface area contributed by atoms with Crippen molar-refractivity contribution in [1.82, 2.24) is 0 Å². The smallest absolute Gasteiger partial charge is 0.203 e. The molecule has 4 heteroatoms. The van der Waals surface area contributed by atoms with E-state index in [4.69, 9.17) is 14.2 Å². The Balaban J connectivity index is 2.19. The van der Waals surface area contributed by atoms with E-state index in [1.54, 1.807) is 33.5 Å². The van der Waals surface area contributed by atoms with Crippen molar-refractivity contribution in [2.45, 2.75) is 38.5 Å². The lowest BCUT2D eigenvalue weighted by Crippen LogP contribution is -2.12. The number of hydrogen-bond donors (Lipinski definition) is 0. The molecule has 2 rings (SSSR count). The first-order chi connectivity index (χ1) is 10.2. The van der Waals surface area contributed by atoms with Crippen LogP contribution in [-0.2, 0) is 0 Å². The Hall–Kier alpha value is -1.71. The van der Waals surface area contributed by atoms with Gasteiger partial charge in [0.1, 0.15) is 0 Å². The molecule has 1 aliphatic rings. The first kappa shape index (κ1) is 15.7. The standard InChI is InChI=1S/C17H24O4/c1-19-15-10-13(11-16(20-2)17(15)21-3)14(18)9-12-7-5-4-6-8-12/h10-12H,4-9H2,1-3H3. The Morgan fingerprint density at radius 1 is 1.00 bits per heavy atom. The lowest BCUT2D eigenvalue weighted by Gasteiger charge is -2.21. The number of benzene rings is 1. The summed E-state index contributed by atoms with van der Waals surface area (Å²) in [5.41, 5.74) is 0.634. The SMILES string of the molecule is COc1cc(C(=O)CC2CCCCC2)cc(OC)c1OC. The molecule has 0 unspecified atom stereocenters. The number of carbonyl (C=O) groups is 1. The Labute approximate surface area is 126 Å². The van der Waals surface area contributed by atoms with Gasteiger partial charge in [0.15, 0.2) is 17.3 Å². The molecule has 21 heavy (non-hydrogen) atoms. The zero-order valence-corrected chi connectivity index (χ0v) is 13.1. The first-order valence-corrected chi connectivity index (χ1v) is 7.52. The monoisotopic (exact) mass is 292 g/mol. The van der Waals surface area contributed by atoms with E-state index in [9.17, 15) is 4.79 Å². The molecule has 4 nitrogen and oxygen atoms in total. The molecular weight excluding hydrogens is 268 g/mol. The molecule has 1 aromatic rings. The molecule has 0 radical (unpaired) electrons. The maximum Gasteiger partial charge on any atom is 0.203 e. The number of rotatable bonds is 6. The van der Waals surface area contributed by atoms with Crippen molar-refractivity contribution in [3.05, 3.63) is 17.7 Å².